The summed E-state index contributed by atoms with van der Waals surface area (Å²) in [6.07, 6.45) is -1.65. The number of carbonyl (C=O) groups excluding carboxylic acids is 4. The highest BCUT2D eigenvalue weighted by molar-refractivity contribution is 7.99. The van der Waals surface area contributed by atoms with Gasteiger partial charge in [0.1, 0.15) is 24.2 Å². The Kier molecular flexibility index (Phi) is 10.0. The molecule has 1 aliphatic heterocycles. The van der Waals surface area contributed by atoms with Gasteiger partial charge < -0.3 is 24.3 Å². The molecule has 2 heterocycles. The molecule has 0 spiro atoms. The van der Waals surface area contributed by atoms with E-state index in [1.807, 2.05) is 34.9 Å². The highest BCUT2D eigenvalue weighted by Crippen LogP contribution is 2.36. The first-order valence-electron chi connectivity index (χ1n) is 11.8. The van der Waals surface area contributed by atoms with Crippen LogP contribution in [-0.2, 0) is 44.7 Å². The topological polar surface area (TPSA) is 148 Å². The number of esters is 3. The van der Waals surface area contributed by atoms with Crippen molar-refractivity contribution in [3.05, 3.63) is 43.0 Å². The SMILES string of the molecule is C=CCn1c(S[C@H]2O[C@@H](COC(C)=O)[C@@H](OC(C)=O)[C@@H](OC(C)=O)[C@H]2NC(C)=O)nnc1-c1ccccc1. The van der Waals surface area contributed by atoms with Gasteiger partial charge in [0, 0.05) is 39.8 Å². The lowest BCUT2D eigenvalue weighted by molar-refractivity contribution is -0.211. The van der Waals surface area contributed by atoms with Crippen LogP contribution in [0.1, 0.15) is 27.7 Å². The Morgan fingerprint density at radius 2 is 1.68 bits per heavy atom. The summed E-state index contributed by atoms with van der Waals surface area (Å²) in [7, 11) is 0. The Labute approximate surface area is 224 Å². The molecular weight excluding hydrogens is 516 g/mol. The molecule has 0 bridgehead atoms. The average molecular weight is 547 g/mol. The number of ether oxygens (including phenoxy) is 4. The van der Waals surface area contributed by atoms with Gasteiger partial charge in [-0.2, -0.15) is 0 Å². The highest BCUT2D eigenvalue weighted by Gasteiger charge is 2.51. The molecule has 1 saturated heterocycles. The Morgan fingerprint density at radius 3 is 2.26 bits per heavy atom. The summed E-state index contributed by atoms with van der Waals surface area (Å²) in [5, 5.41) is 11.8. The Morgan fingerprint density at radius 1 is 1.03 bits per heavy atom. The third kappa shape index (κ3) is 7.42. The maximum atomic E-state index is 12.2. The molecule has 204 valence electrons. The number of nitrogens with zero attached hydrogens (tertiary/aromatic N) is 3. The first-order valence-corrected chi connectivity index (χ1v) is 12.6. The van der Waals surface area contributed by atoms with Crippen molar-refractivity contribution in [3.63, 3.8) is 0 Å². The Bertz CT molecular complexity index is 1170. The number of benzene rings is 1. The molecule has 0 saturated carbocycles. The predicted octanol–water partition coefficient (Wildman–Crippen LogP) is 1.88. The van der Waals surface area contributed by atoms with Crippen molar-refractivity contribution in [1.29, 1.82) is 0 Å². The van der Waals surface area contributed by atoms with Crippen LogP contribution < -0.4 is 5.32 Å². The van der Waals surface area contributed by atoms with Gasteiger partial charge in [0.2, 0.25) is 5.91 Å². The predicted molar refractivity (Wildman–Crippen MR) is 136 cm³/mol. The molecule has 1 amide bonds. The van der Waals surface area contributed by atoms with Crippen molar-refractivity contribution >= 4 is 35.6 Å². The second-order valence-electron chi connectivity index (χ2n) is 8.41. The zero-order valence-electron chi connectivity index (χ0n) is 21.5. The van der Waals surface area contributed by atoms with E-state index in [4.69, 9.17) is 18.9 Å². The standard InChI is InChI=1S/C25H30N4O8S/c1-6-12-29-23(18-10-8-7-9-11-18)27-28-25(29)38-24-20(26-14(2)30)22(36-17(5)33)21(35-16(4)32)19(37-24)13-34-15(3)31/h6-11,19-22,24H,1,12-13H2,2-5H3,(H,26,30)/t19-,20+,21+,22-,24+/m0/s1. The first-order chi connectivity index (χ1) is 18.1. The second kappa shape index (κ2) is 13.2. The van der Waals surface area contributed by atoms with Crippen LogP contribution in [0.5, 0.6) is 0 Å². The number of rotatable bonds is 10. The normalized spacial score (nSPS) is 22.7. The molecule has 0 radical (unpaired) electrons. The molecule has 1 aromatic carbocycles. The maximum absolute atomic E-state index is 12.2. The molecule has 1 N–H and O–H groups in total. The van der Waals surface area contributed by atoms with Gasteiger partial charge in [-0.1, -0.05) is 48.2 Å². The number of amides is 1. The molecule has 13 heteroatoms. The minimum atomic E-state index is -1.17. The van der Waals surface area contributed by atoms with E-state index in [0.717, 1.165) is 17.3 Å². The van der Waals surface area contributed by atoms with Gasteiger partial charge in [-0.05, 0) is 0 Å². The van der Waals surface area contributed by atoms with Gasteiger partial charge in [0.05, 0.1) is 0 Å². The lowest BCUT2D eigenvalue weighted by Crippen LogP contribution is -2.65. The molecular formula is C25H30N4O8S. The van der Waals surface area contributed by atoms with Crippen LogP contribution in [0, 0.1) is 0 Å². The molecule has 1 aliphatic rings. The number of aromatic nitrogens is 3. The zero-order chi connectivity index (χ0) is 27.8. The molecule has 3 rings (SSSR count). The highest BCUT2D eigenvalue weighted by atomic mass is 32.2. The lowest BCUT2D eigenvalue weighted by Gasteiger charge is -2.44. The maximum Gasteiger partial charge on any atom is 0.303 e. The fraction of sp³-hybridized carbons (Fsp3) is 0.440. The van der Waals surface area contributed by atoms with E-state index in [1.54, 1.807) is 6.08 Å². The minimum Gasteiger partial charge on any atom is -0.463 e. The van der Waals surface area contributed by atoms with Crippen LogP contribution in [0.2, 0.25) is 0 Å². The van der Waals surface area contributed by atoms with E-state index in [1.165, 1.54) is 27.7 Å². The van der Waals surface area contributed by atoms with Crippen molar-refractivity contribution in [3.8, 4) is 11.4 Å². The van der Waals surface area contributed by atoms with Crippen molar-refractivity contribution < 1.29 is 38.1 Å². The van der Waals surface area contributed by atoms with Crippen molar-refractivity contribution in [2.75, 3.05) is 6.61 Å². The first kappa shape index (κ1) is 28.9. The number of hydrogen-bond acceptors (Lipinski definition) is 11. The van der Waals surface area contributed by atoms with E-state index in [2.05, 4.69) is 22.1 Å². The molecule has 0 aliphatic carbocycles. The molecule has 5 atom stereocenters. The van der Waals surface area contributed by atoms with Crippen LogP contribution in [0.15, 0.2) is 48.1 Å². The largest absolute Gasteiger partial charge is 0.463 e. The minimum absolute atomic E-state index is 0.288. The molecule has 38 heavy (non-hydrogen) atoms. The van der Waals surface area contributed by atoms with Crippen molar-refractivity contribution in [2.24, 2.45) is 0 Å². The molecule has 2 aromatic rings. The smallest absolute Gasteiger partial charge is 0.303 e. The summed E-state index contributed by atoms with van der Waals surface area (Å²) in [5.74, 6) is -1.76. The van der Waals surface area contributed by atoms with Crippen molar-refractivity contribution in [2.45, 2.75) is 69.2 Å². The summed E-state index contributed by atoms with van der Waals surface area (Å²) >= 11 is 1.12. The third-order valence-electron chi connectivity index (χ3n) is 5.35. The van der Waals surface area contributed by atoms with E-state index >= 15 is 0 Å². The van der Waals surface area contributed by atoms with Gasteiger partial charge in [-0.3, -0.25) is 23.7 Å². The number of carbonyl (C=O) groups is 4. The van der Waals surface area contributed by atoms with Crippen LogP contribution in [0.4, 0.5) is 0 Å². The van der Waals surface area contributed by atoms with E-state index < -0.39 is 53.6 Å². The Hall–Kier alpha value is -3.71. The summed E-state index contributed by atoms with van der Waals surface area (Å²) in [6.45, 7) is 8.81. The quantitative estimate of drug-likeness (QED) is 0.264. The fourth-order valence-corrected chi connectivity index (χ4v) is 5.12. The third-order valence-corrected chi connectivity index (χ3v) is 6.50. The molecule has 1 aromatic heterocycles. The lowest BCUT2D eigenvalue weighted by atomic mass is 9.97. The van der Waals surface area contributed by atoms with E-state index in [-0.39, 0.29) is 6.61 Å². The fourth-order valence-electron chi connectivity index (χ4n) is 3.97. The van der Waals surface area contributed by atoms with Gasteiger partial charge in [-0.25, -0.2) is 0 Å². The Balaban J connectivity index is 2.04. The van der Waals surface area contributed by atoms with Crippen LogP contribution in [0.25, 0.3) is 11.4 Å². The zero-order valence-corrected chi connectivity index (χ0v) is 22.3. The van der Waals surface area contributed by atoms with Crippen LogP contribution >= 0.6 is 11.8 Å². The van der Waals surface area contributed by atoms with Gasteiger partial charge in [0.15, 0.2) is 23.2 Å². The van der Waals surface area contributed by atoms with Crippen LogP contribution in [0.3, 0.4) is 0 Å². The number of allylic oxidation sites excluding steroid dienone is 1. The summed E-state index contributed by atoms with van der Waals surface area (Å²) in [6, 6.07) is 8.47. The summed E-state index contributed by atoms with van der Waals surface area (Å²) in [5.41, 5.74) is -0.0795. The summed E-state index contributed by atoms with van der Waals surface area (Å²) in [4.78, 5) is 47.7. The monoisotopic (exact) mass is 546 g/mol. The van der Waals surface area contributed by atoms with E-state index in [0.29, 0.717) is 17.5 Å². The number of thioether (sulfide) groups is 1. The van der Waals surface area contributed by atoms with Gasteiger partial charge in [0.25, 0.3) is 0 Å². The van der Waals surface area contributed by atoms with E-state index in [9.17, 15) is 19.2 Å². The van der Waals surface area contributed by atoms with Crippen LogP contribution in [-0.4, -0.2) is 75.0 Å². The molecule has 1 fully saturated rings. The number of nitrogens with one attached hydrogen (secondary N) is 1. The number of hydrogen-bond donors (Lipinski definition) is 1. The van der Waals surface area contributed by atoms with Gasteiger partial charge in [-0.15, -0.1) is 16.8 Å². The second-order valence-corrected chi connectivity index (χ2v) is 9.47. The molecule has 0 unspecified atom stereocenters. The molecule has 12 nitrogen and oxygen atoms in total. The van der Waals surface area contributed by atoms with Crippen molar-refractivity contribution in [1.82, 2.24) is 20.1 Å². The average Bonchev–Trinajstić information content (AvgIpc) is 3.23. The van der Waals surface area contributed by atoms with Gasteiger partial charge >= 0.3 is 17.9 Å². The summed E-state index contributed by atoms with van der Waals surface area (Å²) < 4.78 is 24.2.